The molecule has 0 aliphatic carbocycles. The van der Waals surface area contributed by atoms with E-state index in [2.05, 4.69) is 22.9 Å². The van der Waals surface area contributed by atoms with E-state index < -0.39 is 22.9 Å². The van der Waals surface area contributed by atoms with Crippen LogP contribution in [0.1, 0.15) is 46.5 Å². The van der Waals surface area contributed by atoms with Crippen molar-refractivity contribution in [2.45, 2.75) is 29.9 Å². The molecule has 5 aromatic rings. The second kappa shape index (κ2) is 17.9. The van der Waals surface area contributed by atoms with Crippen molar-refractivity contribution in [3.05, 3.63) is 161 Å². The molecule has 0 aliphatic heterocycles. The zero-order valence-corrected chi connectivity index (χ0v) is 28.8. The van der Waals surface area contributed by atoms with Gasteiger partial charge < -0.3 is 20.7 Å². The van der Waals surface area contributed by atoms with E-state index in [0.717, 1.165) is 24.2 Å². The summed E-state index contributed by atoms with van der Waals surface area (Å²) in [6, 6.07) is 36.1. The lowest BCUT2D eigenvalue weighted by Gasteiger charge is -2.18. The lowest BCUT2D eigenvalue weighted by Crippen LogP contribution is -2.30. The molecule has 5 aromatic carbocycles. The second-order valence-corrected chi connectivity index (χ2v) is 12.7. The van der Waals surface area contributed by atoms with Crippen molar-refractivity contribution in [1.29, 1.82) is 0 Å². The first kappa shape index (κ1) is 35.9. The molecule has 0 fully saturated rings. The number of unbranched alkanes of at least 4 members (excludes halogenated alkanes) is 1. The quantitative estimate of drug-likeness (QED) is 0.0607. The highest BCUT2D eigenvalue weighted by Crippen LogP contribution is 2.37. The Morgan fingerprint density at radius 2 is 1.52 bits per heavy atom. The fourth-order valence-electron chi connectivity index (χ4n) is 4.79. The van der Waals surface area contributed by atoms with E-state index in [1.54, 1.807) is 60.7 Å². The van der Waals surface area contributed by atoms with Crippen LogP contribution in [0.4, 0.5) is 15.8 Å². The molecular weight excluding hydrogens is 673 g/mol. The first-order chi connectivity index (χ1) is 24.3. The van der Waals surface area contributed by atoms with Crippen LogP contribution in [0.2, 0.25) is 5.02 Å². The van der Waals surface area contributed by atoms with Gasteiger partial charge in [0.1, 0.15) is 22.5 Å². The maximum absolute atomic E-state index is 14.7. The monoisotopic (exact) mass is 707 g/mol. The van der Waals surface area contributed by atoms with Crippen molar-refractivity contribution < 1.29 is 23.5 Å². The Bertz CT molecular complexity index is 1940. The van der Waals surface area contributed by atoms with Crippen LogP contribution < -0.4 is 20.7 Å². The Morgan fingerprint density at radius 3 is 2.22 bits per heavy atom. The van der Waals surface area contributed by atoms with Crippen molar-refractivity contribution in [2.24, 2.45) is 0 Å². The number of ether oxygens (including phenoxy) is 1. The van der Waals surface area contributed by atoms with Crippen LogP contribution in [0, 0.1) is 5.82 Å². The Hall–Kier alpha value is -5.38. The molecule has 1 atom stereocenters. The molecule has 5 rings (SSSR count). The summed E-state index contributed by atoms with van der Waals surface area (Å²) in [6.07, 6.45) is 3.20. The molecule has 0 aromatic heterocycles. The molecule has 1 unspecified atom stereocenters. The number of halogens is 2. The van der Waals surface area contributed by atoms with Crippen molar-refractivity contribution in [1.82, 2.24) is 5.32 Å². The third-order valence-corrected chi connectivity index (χ3v) is 8.97. The third kappa shape index (κ3) is 10.1. The van der Waals surface area contributed by atoms with Gasteiger partial charge in [0.05, 0.1) is 11.6 Å². The molecule has 0 radical (unpaired) electrons. The minimum atomic E-state index is -0.699. The standard InChI is InChI=1S/C40H35ClFN3O4S/c1-2-3-24-49-31-22-20-29(21-23-31)43-40(48)37(27-12-6-4-7-13-27)50-32-17-10-16-30(25-32)44-39(47)36(26-33-34(41)18-11-19-35(33)42)45-38(46)28-14-8-5-9-15-28/h4-23,25-26,37H,2-3,24H2,1H3,(H,43,48)(H,44,47)(H,45,46)/b36-26+. The minimum Gasteiger partial charge on any atom is -0.494 e. The SMILES string of the molecule is CCCCOc1ccc(NC(=O)C(Sc2cccc(NC(=O)/C(=C\c3c(F)cccc3Cl)NC(=O)c3ccccc3)c2)c2ccccc2)cc1. The predicted molar refractivity (Wildman–Crippen MR) is 199 cm³/mol. The molecule has 7 nitrogen and oxygen atoms in total. The molecule has 0 aliphatic rings. The number of benzene rings is 5. The number of anilines is 2. The molecule has 10 heteroatoms. The number of thioether (sulfide) groups is 1. The van der Waals surface area contributed by atoms with Crippen LogP contribution >= 0.6 is 23.4 Å². The number of amides is 3. The lowest BCUT2D eigenvalue weighted by molar-refractivity contribution is -0.116. The number of nitrogens with one attached hydrogen (secondary N) is 3. The number of carbonyl (C=O) groups is 3. The Labute approximate surface area is 299 Å². The van der Waals surface area contributed by atoms with Gasteiger partial charge in [-0.3, -0.25) is 14.4 Å². The molecular formula is C40H35ClFN3O4S. The molecule has 0 bridgehead atoms. The predicted octanol–water partition coefficient (Wildman–Crippen LogP) is 9.54. The summed E-state index contributed by atoms with van der Waals surface area (Å²) in [4.78, 5) is 41.1. The number of hydrogen-bond acceptors (Lipinski definition) is 5. The molecule has 3 N–H and O–H groups in total. The van der Waals surface area contributed by atoms with E-state index in [9.17, 15) is 18.8 Å². The first-order valence-electron chi connectivity index (χ1n) is 16.0. The van der Waals surface area contributed by atoms with Crippen LogP contribution in [0.3, 0.4) is 0 Å². The molecule has 0 heterocycles. The fraction of sp³-hybridized carbons (Fsp3) is 0.125. The average molecular weight is 708 g/mol. The molecule has 3 amide bonds. The van der Waals surface area contributed by atoms with Gasteiger partial charge in [0, 0.05) is 27.4 Å². The van der Waals surface area contributed by atoms with E-state index in [1.807, 2.05) is 48.5 Å². The Kier molecular flexibility index (Phi) is 12.8. The number of rotatable bonds is 14. The average Bonchev–Trinajstić information content (AvgIpc) is 3.13. The van der Waals surface area contributed by atoms with Gasteiger partial charge in [0.15, 0.2) is 0 Å². The lowest BCUT2D eigenvalue weighted by atomic mass is 10.1. The summed E-state index contributed by atoms with van der Waals surface area (Å²) in [5.41, 5.74) is 1.86. The van der Waals surface area contributed by atoms with Crippen LogP contribution in [0.25, 0.3) is 6.08 Å². The zero-order chi connectivity index (χ0) is 35.3. The van der Waals surface area contributed by atoms with Gasteiger partial charge in [-0.2, -0.15) is 0 Å². The van der Waals surface area contributed by atoms with Crippen LogP contribution in [0.5, 0.6) is 5.75 Å². The summed E-state index contributed by atoms with van der Waals surface area (Å²) >= 11 is 7.56. The second-order valence-electron chi connectivity index (χ2n) is 11.1. The van der Waals surface area contributed by atoms with Crippen molar-refractivity contribution >= 4 is 58.5 Å². The maximum atomic E-state index is 14.7. The van der Waals surface area contributed by atoms with E-state index in [-0.39, 0.29) is 22.2 Å². The molecule has 0 saturated carbocycles. The van der Waals surface area contributed by atoms with Crippen LogP contribution in [0.15, 0.2) is 138 Å². The van der Waals surface area contributed by atoms with Gasteiger partial charge in [-0.25, -0.2) is 4.39 Å². The summed E-state index contributed by atoms with van der Waals surface area (Å²) in [7, 11) is 0. The third-order valence-electron chi connectivity index (χ3n) is 7.39. The highest BCUT2D eigenvalue weighted by Gasteiger charge is 2.23. The summed E-state index contributed by atoms with van der Waals surface area (Å²) in [5.74, 6) is -1.41. The van der Waals surface area contributed by atoms with Crippen LogP contribution in [-0.2, 0) is 9.59 Å². The molecule has 0 spiro atoms. The largest absolute Gasteiger partial charge is 0.494 e. The van der Waals surface area contributed by atoms with E-state index in [0.29, 0.717) is 28.4 Å². The minimum absolute atomic E-state index is 0.0487. The van der Waals surface area contributed by atoms with Crippen LogP contribution in [-0.4, -0.2) is 24.3 Å². The topological polar surface area (TPSA) is 96.5 Å². The Morgan fingerprint density at radius 1 is 0.820 bits per heavy atom. The van der Waals surface area contributed by atoms with Gasteiger partial charge in [-0.15, -0.1) is 11.8 Å². The number of carbonyl (C=O) groups excluding carboxylic acids is 3. The van der Waals surface area contributed by atoms with Gasteiger partial charge in [0.2, 0.25) is 5.91 Å². The highest BCUT2D eigenvalue weighted by molar-refractivity contribution is 8.00. The molecule has 0 saturated heterocycles. The summed E-state index contributed by atoms with van der Waals surface area (Å²) in [5, 5.41) is 7.84. The van der Waals surface area contributed by atoms with E-state index >= 15 is 0 Å². The Balaban J connectivity index is 1.35. The van der Waals surface area contributed by atoms with Gasteiger partial charge >= 0.3 is 0 Å². The fourth-order valence-corrected chi connectivity index (χ4v) is 6.10. The van der Waals surface area contributed by atoms with Gasteiger partial charge in [-0.1, -0.05) is 85.6 Å². The van der Waals surface area contributed by atoms with Crippen molar-refractivity contribution in [3.8, 4) is 5.75 Å². The van der Waals surface area contributed by atoms with Gasteiger partial charge in [-0.05, 0) is 84.8 Å². The summed E-state index contributed by atoms with van der Waals surface area (Å²) in [6.45, 7) is 2.74. The van der Waals surface area contributed by atoms with E-state index in [4.69, 9.17) is 16.3 Å². The summed E-state index contributed by atoms with van der Waals surface area (Å²) < 4.78 is 20.5. The van der Waals surface area contributed by atoms with Crippen molar-refractivity contribution in [3.63, 3.8) is 0 Å². The van der Waals surface area contributed by atoms with Gasteiger partial charge in [0.25, 0.3) is 11.8 Å². The van der Waals surface area contributed by atoms with E-state index in [1.165, 1.54) is 36.0 Å². The molecule has 254 valence electrons. The first-order valence-corrected chi connectivity index (χ1v) is 17.3. The zero-order valence-electron chi connectivity index (χ0n) is 27.2. The highest BCUT2D eigenvalue weighted by atomic mass is 35.5. The smallest absolute Gasteiger partial charge is 0.272 e. The molecule has 50 heavy (non-hydrogen) atoms. The van der Waals surface area contributed by atoms with Crippen molar-refractivity contribution in [2.75, 3.05) is 17.2 Å². The normalized spacial score (nSPS) is 11.7. The number of hydrogen-bond donors (Lipinski definition) is 3. The maximum Gasteiger partial charge on any atom is 0.272 e.